The zero-order valence-corrected chi connectivity index (χ0v) is 20.1. The Hall–Kier alpha value is -4.02. The van der Waals surface area contributed by atoms with Crippen LogP contribution >= 0.6 is 0 Å². The molecular formula is C25H26F3N5O3. The fraction of sp³-hybridized carbons (Fsp3) is 0.320. The van der Waals surface area contributed by atoms with E-state index < -0.39 is 11.7 Å². The number of halogens is 3. The quantitative estimate of drug-likeness (QED) is 0.539. The van der Waals surface area contributed by atoms with Gasteiger partial charge < -0.3 is 24.6 Å². The Kier molecular flexibility index (Phi) is 7.18. The minimum absolute atomic E-state index is 0.248. The molecule has 8 nitrogen and oxygen atoms in total. The van der Waals surface area contributed by atoms with Crippen LogP contribution in [0.5, 0.6) is 11.5 Å². The average Bonchev–Trinajstić information content (AvgIpc) is 2.88. The highest BCUT2D eigenvalue weighted by molar-refractivity contribution is 5.91. The second-order valence-corrected chi connectivity index (χ2v) is 8.24. The van der Waals surface area contributed by atoms with Gasteiger partial charge in [0.25, 0.3) is 0 Å². The fourth-order valence-corrected chi connectivity index (χ4v) is 3.89. The van der Waals surface area contributed by atoms with E-state index in [1.807, 2.05) is 17.9 Å². The van der Waals surface area contributed by atoms with E-state index in [0.29, 0.717) is 66.3 Å². The summed E-state index contributed by atoms with van der Waals surface area (Å²) in [5.41, 5.74) is 1.01. The number of urea groups is 1. The number of alkyl halides is 3. The summed E-state index contributed by atoms with van der Waals surface area (Å²) in [6.45, 7) is 3.81. The van der Waals surface area contributed by atoms with Gasteiger partial charge in [0, 0.05) is 49.6 Å². The van der Waals surface area contributed by atoms with Crippen LogP contribution in [0.3, 0.4) is 0 Å². The summed E-state index contributed by atoms with van der Waals surface area (Å²) in [6.07, 6.45) is -4.40. The second-order valence-electron chi connectivity index (χ2n) is 8.24. The minimum atomic E-state index is -4.40. The number of methoxy groups -OCH3 is 2. The molecule has 2 amide bonds. The van der Waals surface area contributed by atoms with E-state index >= 15 is 0 Å². The summed E-state index contributed by atoms with van der Waals surface area (Å²) >= 11 is 0. The van der Waals surface area contributed by atoms with E-state index in [-0.39, 0.29) is 6.03 Å². The Morgan fingerprint density at radius 3 is 2.25 bits per heavy atom. The molecule has 11 heteroatoms. The predicted octanol–water partition coefficient (Wildman–Crippen LogP) is 4.84. The van der Waals surface area contributed by atoms with Crippen molar-refractivity contribution >= 4 is 17.5 Å². The number of hydrogen-bond acceptors (Lipinski definition) is 6. The first-order valence-corrected chi connectivity index (χ1v) is 11.2. The van der Waals surface area contributed by atoms with Gasteiger partial charge in [-0.25, -0.2) is 14.8 Å². The topological polar surface area (TPSA) is 79.8 Å². The summed E-state index contributed by atoms with van der Waals surface area (Å²) < 4.78 is 49.2. The van der Waals surface area contributed by atoms with Crippen LogP contribution in [0.25, 0.3) is 11.4 Å². The summed E-state index contributed by atoms with van der Waals surface area (Å²) in [5, 5.41) is 2.87. The average molecular weight is 502 g/mol. The SMILES string of the molecule is COc1ccc(NC(=O)N2CCN(c3cc(C)nc(-c4ccc(C(F)(F)F)cc4)n3)CC2)c(OC)c1. The first-order valence-electron chi connectivity index (χ1n) is 11.2. The van der Waals surface area contributed by atoms with Crippen LogP contribution in [0, 0.1) is 6.92 Å². The highest BCUT2D eigenvalue weighted by Crippen LogP contribution is 2.31. The number of piperazine rings is 1. The van der Waals surface area contributed by atoms with Crippen molar-refractivity contribution in [2.75, 3.05) is 50.6 Å². The number of carbonyl (C=O) groups excluding carboxylic acids is 1. The zero-order valence-electron chi connectivity index (χ0n) is 20.1. The summed E-state index contributed by atoms with van der Waals surface area (Å²) in [6, 6.07) is 11.5. The van der Waals surface area contributed by atoms with Crippen molar-refractivity contribution in [3.05, 3.63) is 59.8 Å². The van der Waals surface area contributed by atoms with E-state index in [2.05, 4.69) is 15.3 Å². The van der Waals surface area contributed by atoms with Gasteiger partial charge in [-0.2, -0.15) is 13.2 Å². The maximum absolute atomic E-state index is 12.9. The molecule has 36 heavy (non-hydrogen) atoms. The van der Waals surface area contributed by atoms with Gasteiger partial charge in [-0.1, -0.05) is 12.1 Å². The van der Waals surface area contributed by atoms with Gasteiger partial charge in [0.05, 0.1) is 25.5 Å². The molecule has 190 valence electrons. The van der Waals surface area contributed by atoms with Crippen molar-refractivity contribution in [3.63, 3.8) is 0 Å². The third-order valence-corrected chi connectivity index (χ3v) is 5.85. The molecule has 0 unspecified atom stereocenters. The standard InChI is InChI=1S/C25H26F3N5O3/c1-16-14-22(31-23(29-16)17-4-6-18(7-5-17)25(26,27)28)32-10-12-33(13-11-32)24(34)30-20-9-8-19(35-2)15-21(20)36-3/h4-9,14-15H,10-13H2,1-3H3,(H,30,34). The molecule has 1 aliphatic heterocycles. The summed E-state index contributed by atoms with van der Waals surface area (Å²) in [4.78, 5) is 25.5. The van der Waals surface area contributed by atoms with Crippen LogP contribution in [0.1, 0.15) is 11.3 Å². The number of aromatic nitrogens is 2. The molecule has 1 aromatic heterocycles. The molecule has 1 saturated heterocycles. The summed E-state index contributed by atoms with van der Waals surface area (Å²) in [7, 11) is 3.07. The lowest BCUT2D eigenvalue weighted by Crippen LogP contribution is -2.50. The first-order chi connectivity index (χ1) is 17.2. The minimum Gasteiger partial charge on any atom is -0.497 e. The molecule has 0 radical (unpaired) electrons. The molecule has 4 rings (SSSR count). The van der Waals surface area contributed by atoms with Gasteiger partial charge in [-0.05, 0) is 31.2 Å². The monoisotopic (exact) mass is 501 g/mol. The van der Waals surface area contributed by atoms with Crippen molar-refractivity contribution in [2.24, 2.45) is 0 Å². The molecule has 0 atom stereocenters. The number of amides is 2. The normalized spacial score (nSPS) is 13.9. The van der Waals surface area contributed by atoms with Gasteiger partial charge in [0.1, 0.15) is 17.3 Å². The lowest BCUT2D eigenvalue weighted by atomic mass is 10.1. The number of anilines is 2. The maximum atomic E-state index is 12.9. The molecule has 1 N–H and O–H groups in total. The molecular weight excluding hydrogens is 475 g/mol. The predicted molar refractivity (Wildman–Crippen MR) is 130 cm³/mol. The highest BCUT2D eigenvalue weighted by atomic mass is 19.4. The first kappa shape index (κ1) is 25.1. The van der Waals surface area contributed by atoms with E-state index in [0.717, 1.165) is 12.1 Å². The number of hydrogen-bond donors (Lipinski definition) is 1. The fourth-order valence-electron chi connectivity index (χ4n) is 3.89. The van der Waals surface area contributed by atoms with E-state index in [1.165, 1.54) is 19.2 Å². The third-order valence-electron chi connectivity index (χ3n) is 5.85. The number of aryl methyl sites for hydroxylation is 1. The summed E-state index contributed by atoms with van der Waals surface area (Å²) in [5.74, 6) is 2.13. The lowest BCUT2D eigenvalue weighted by Gasteiger charge is -2.35. The van der Waals surface area contributed by atoms with E-state index in [4.69, 9.17) is 9.47 Å². The Labute approximate surface area is 206 Å². The van der Waals surface area contributed by atoms with Crippen molar-refractivity contribution in [1.29, 1.82) is 0 Å². The molecule has 1 aliphatic rings. The molecule has 0 bridgehead atoms. The van der Waals surface area contributed by atoms with Crippen molar-refractivity contribution in [1.82, 2.24) is 14.9 Å². The van der Waals surface area contributed by atoms with Gasteiger partial charge in [-0.3, -0.25) is 0 Å². The van der Waals surface area contributed by atoms with Crippen molar-refractivity contribution in [2.45, 2.75) is 13.1 Å². The highest BCUT2D eigenvalue weighted by Gasteiger charge is 2.30. The Morgan fingerprint density at radius 1 is 0.944 bits per heavy atom. The third kappa shape index (κ3) is 5.61. The van der Waals surface area contributed by atoms with Gasteiger partial charge >= 0.3 is 12.2 Å². The largest absolute Gasteiger partial charge is 0.497 e. The van der Waals surface area contributed by atoms with E-state index in [1.54, 1.807) is 30.2 Å². The molecule has 2 aromatic carbocycles. The molecule has 1 fully saturated rings. The number of nitrogens with one attached hydrogen (secondary N) is 1. The molecule has 3 aromatic rings. The number of ether oxygens (including phenoxy) is 2. The second kappa shape index (κ2) is 10.3. The Balaban J connectivity index is 1.42. The number of benzene rings is 2. The molecule has 2 heterocycles. The zero-order chi connectivity index (χ0) is 25.9. The van der Waals surface area contributed by atoms with Gasteiger partial charge in [0.2, 0.25) is 0 Å². The van der Waals surface area contributed by atoms with Gasteiger partial charge in [-0.15, -0.1) is 0 Å². The Morgan fingerprint density at radius 2 is 1.64 bits per heavy atom. The van der Waals surface area contributed by atoms with Crippen LogP contribution in [0.4, 0.5) is 29.5 Å². The van der Waals surface area contributed by atoms with E-state index in [9.17, 15) is 18.0 Å². The molecule has 0 aliphatic carbocycles. The van der Waals surface area contributed by atoms with Gasteiger partial charge in [0.15, 0.2) is 5.82 Å². The van der Waals surface area contributed by atoms with Crippen LogP contribution in [0.2, 0.25) is 0 Å². The lowest BCUT2D eigenvalue weighted by molar-refractivity contribution is -0.137. The number of nitrogens with zero attached hydrogens (tertiary/aromatic N) is 4. The van der Waals surface area contributed by atoms with Crippen LogP contribution in [-0.2, 0) is 6.18 Å². The molecule has 0 saturated carbocycles. The number of carbonyl (C=O) groups is 1. The Bertz CT molecular complexity index is 1230. The smallest absolute Gasteiger partial charge is 0.416 e. The van der Waals surface area contributed by atoms with Crippen molar-refractivity contribution in [3.8, 4) is 22.9 Å². The molecule has 0 spiro atoms. The van der Waals surface area contributed by atoms with Crippen molar-refractivity contribution < 1.29 is 27.4 Å². The van der Waals surface area contributed by atoms with Crippen LogP contribution in [-0.4, -0.2) is 61.3 Å². The number of rotatable bonds is 5. The van der Waals surface area contributed by atoms with Crippen LogP contribution < -0.4 is 19.7 Å². The maximum Gasteiger partial charge on any atom is 0.416 e. The van der Waals surface area contributed by atoms with Crippen LogP contribution in [0.15, 0.2) is 48.5 Å².